The molecule has 1 aromatic rings. The molecule has 2 unspecified atom stereocenters. The Kier molecular flexibility index (Phi) is 5.23. The Labute approximate surface area is 130 Å². The van der Waals surface area contributed by atoms with Gasteiger partial charge >= 0.3 is 11.8 Å². The maximum atomic E-state index is 12.3. The zero-order valence-electron chi connectivity index (χ0n) is 12.4. The molecule has 1 aliphatic heterocycles. The van der Waals surface area contributed by atoms with E-state index >= 15 is 0 Å². The maximum absolute atomic E-state index is 12.3. The van der Waals surface area contributed by atoms with Gasteiger partial charge in [0.1, 0.15) is 0 Å². The van der Waals surface area contributed by atoms with Crippen molar-refractivity contribution in [1.82, 2.24) is 10.2 Å². The highest BCUT2D eigenvalue weighted by Crippen LogP contribution is 2.22. The number of nitrogens with zero attached hydrogens (tertiary/aromatic N) is 1. The fraction of sp³-hybridized carbons (Fsp3) is 0.500. The Hall–Kier alpha value is -1.55. The number of amides is 2. The zero-order chi connectivity index (χ0) is 15.4. The van der Waals surface area contributed by atoms with Crippen molar-refractivity contribution in [1.29, 1.82) is 0 Å². The fourth-order valence-electron chi connectivity index (χ4n) is 2.80. The van der Waals surface area contributed by atoms with Crippen LogP contribution in [-0.4, -0.2) is 28.8 Å². The average molecular weight is 309 g/mol. The van der Waals surface area contributed by atoms with E-state index in [2.05, 4.69) is 5.32 Å². The third-order valence-electron chi connectivity index (χ3n) is 3.99. The van der Waals surface area contributed by atoms with Gasteiger partial charge in [-0.05, 0) is 50.8 Å². The lowest BCUT2D eigenvalue weighted by Crippen LogP contribution is -2.52. The predicted molar refractivity (Wildman–Crippen MR) is 82.9 cm³/mol. The number of hydrogen-bond acceptors (Lipinski definition) is 2. The van der Waals surface area contributed by atoms with E-state index in [4.69, 9.17) is 11.6 Å². The van der Waals surface area contributed by atoms with Crippen LogP contribution in [0.3, 0.4) is 0 Å². The van der Waals surface area contributed by atoms with Crippen LogP contribution in [0.4, 0.5) is 0 Å². The minimum atomic E-state index is -0.537. The molecule has 21 heavy (non-hydrogen) atoms. The van der Waals surface area contributed by atoms with Crippen LogP contribution in [0, 0.1) is 0 Å². The van der Waals surface area contributed by atoms with Gasteiger partial charge < -0.3 is 10.2 Å². The Morgan fingerprint density at radius 1 is 1.19 bits per heavy atom. The molecule has 1 saturated heterocycles. The normalized spacial score (nSPS) is 22.0. The first-order valence-electron chi connectivity index (χ1n) is 7.34. The van der Waals surface area contributed by atoms with Crippen LogP contribution in [0.25, 0.3) is 0 Å². The largest absolute Gasteiger partial charge is 0.344 e. The molecular weight excluding hydrogens is 288 g/mol. The van der Waals surface area contributed by atoms with Crippen molar-refractivity contribution in [3.05, 3.63) is 34.9 Å². The Morgan fingerprint density at radius 2 is 1.76 bits per heavy atom. The number of carbonyl (C=O) groups is 2. The monoisotopic (exact) mass is 308 g/mol. The molecule has 1 fully saturated rings. The molecule has 2 rings (SSSR count). The van der Waals surface area contributed by atoms with E-state index in [0.29, 0.717) is 11.6 Å². The first kappa shape index (κ1) is 15.8. The summed E-state index contributed by atoms with van der Waals surface area (Å²) in [4.78, 5) is 26.0. The Balaban J connectivity index is 1.93. The van der Waals surface area contributed by atoms with Gasteiger partial charge in [-0.1, -0.05) is 23.7 Å². The van der Waals surface area contributed by atoms with Gasteiger partial charge in [-0.3, -0.25) is 9.59 Å². The standard InChI is InChI=1S/C16H21ClN2O2/c1-11-4-3-5-12(2)19(11)16(21)15(20)18-10-13-6-8-14(17)9-7-13/h6-9,11-12H,3-5,10H2,1-2H3,(H,18,20). The summed E-state index contributed by atoms with van der Waals surface area (Å²) >= 11 is 5.81. The van der Waals surface area contributed by atoms with Gasteiger partial charge in [0.05, 0.1) is 0 Å². The molecular formula is C16H21ClN2O2. The lowest BCUT2D eigenvalue weighted by molar-refractivity contribution is -0.150. The molecule has 4 nitrogen and oxygen atoms in total. The minimum Gasteiger partial charge on any atom is -0.344 e. The predicted octanol–water partition coefficient (Wildman–Crippen LogP) is 2.75. The lowest BCUT2D eigenvalue weighted by atomic mass is 9.97. The van der Waals surface area contributed by atoms with Crippen LogP contribution >= 0.6 is 11.6 Å². The highest BCUT2D eigenvalue weighted by atomic mass is 35.5. The number of hydrogen-bond donors (Lipinski definition) is 1. The molecule has 0 saturated carbocycles. The molecule has 1 heterocycles. The second-order valence-corrected chi connectivity index (χ2v) is 6.09. The fourth-order valence-corrected chi connectivity index (χ4v) is 2.93. The van der Waals surface area contributed by atoms with E-state index in [1.54, 1.807) is 17.0 Å². The van der Waals surface area contributed by atoms with Crippen molar-refractivity contribution in [2.24, 2.45) is 0 Å². The van der Waals surface area contributed by atoms with Gasteiger partial charge in [-0.25, -0.2) is 0 Å². The third-order valence-corrected chi connectivity index (χ3v) is 4.24. The van der Waals surface area contributed by atoms with Gasteiger partial charge in [0.25, 0.3) is 0 Å². The summed E-state index contributed by atoms with van der Waals surface area (Å²) in [6.45, 7) is 4.33. The number of carbonyl (C=O) groups excluding carboxylic acids is 2. The summed E-state index contributed by atoms with van der Waals surface area (Å²) in [5, 5.41) is 3.33. The van der Waals surface area contributed by atoms with Crippen LogP contribution in [-0.2, 0) is 16.1 Å². The summed E-state index contributed by atoms with van der Waals surface area (Å²) in [5.74, 6) is -0.964. The molecule has 1 N–H and O–H groups in total. The summed E-state index contributed by atoms with van der Waals surface area (Å²) in [5.41, 5.74) is 0.917. The van der Waals surface area contributed by atoms with Crippen LogP contribution in [0.15, 0.2) is 24.3 Å². The molecule has 0 radical (unpaired) electrons. The van der Waals surface area contributed by atoms with Crippen LogP contribution in [0.2, 0.25) is 5.02 Å². The van der Waals surface area contributed by atoms with Crippen molar-refractivity contribution in [3.8, 4) is 0 Å². The van der Waals surface area contributed by atoms with Crippen molar-refractivity contribution in [3.63, 3.8) is 0 Å². The average Bonchev–Trinajstić information content (AvgIpc) is 2.46. The Morgan fingerprint density at radius 3 is 2.33 bits per heavy atom. The highest BCUT2D eigenvalue weighted by Gasteiger charge is 2.32. The number of nitrogens with one attached hydrogen (secondary N) is 1. The minimum absolute atomic E-state index is 0.127. The van der Waals surface area contributed by atoms with E-state index in [0.717, 1.165) is 24.8 Å². The number of piperidine rings is 1. The number of benzene rings is 1. The van der Waals surface area contributed by atoms with Crippen molar-refractivity contribution in [2.45, 2.75) is 51.7 Å². The molecule has 2 atom stereocenters. The molecule has 1 aliphatic rings. The molecule has 2 amide bonds. The highest BCUT2D eigenvalue weighted by molar-refractivity contribution is 6.35. The second-order valence-electron chi connectivity index (χ2n) is 5.65. The summed E-state index contributed by atoms with van der Waals surface area (Å²) in [6, 6.07) is 7.45. The van der Waals surface area contributed by atoms with E-state index < -0.39 is 11.8 Å². The van der Waals surface area contributed by atoms with Gasteiger partial charge in [0.15, 0.2) is 0 Å². The molecule has 0 spiro atoms. The first-order valence-corrected chi connectivity index (χ1v) is 7.71. The van der Waals surface area contributed by atoms with E-state index in [1.165, 1.54) is 0 Å². The van der Waals surface area contributed by atoms with Crippen LogP contribution in [0.1, 0.15) is 38.7 Å². The number of halogens is 1. The first-order chi connectivity index (χ1) is 9.99. The summed E-state index contributed by atoms with van der Waals surface area (Å²) in [7, 11) is 0. The molecule has 1 aromatic carbocycles. The molecule has 0 aromatic heterocycles. The Bertz CT molecular complexity index is 506. The van der Waals surface area contributed by atoms with E-state index in [1.807, 2.05) is 26.0 Å². The second kappa shape index (κ2) is 6.94. The molecule has 0 bridgehead atoms. The van der Waals surface area contributed by atoms with Crippen molar-refractivity contribution < 1.29 is 9.59 Å². The van der Waals surface area contributed by atoms with Gasteiger partial charge in [0, 0.05) is 23.7 Å². The van der Waals surface area contributed by atoms with E-state index in [9.17, 15) is 9.59 Å². The van der Waals surface area contributed by atoms with Gasteiger partial charge in [0.2, 0.25) is 0 Å². The maximum Gasteiger partial charge on any atom is 0.312 e. The SMILES string of the molecule is CC1CCCC(C)N1C(=O)C(=O)NCc1ccc(Cl)cc1. The van der Waals surface area contributed by atoms with Crippen molar-refractivity contribution >= 4 is 23.4 Å². The smallest absolute Gasteiger partial charge is 0.312 e. The topological polar surface area (TPSA) is 49.4 Å². The zero-order valence-corrected chi connectivity index (χ0v) is 13.2. The van der Waals surface area contributed by atoms with Crippen molar-refractivity contribution in [2.75, 3.05) is 0 Å². The van der Waals surface area contributed by atoms with Crippen LogP contribution in [0.5, 0.6) is 0 Å². The quantitative estimate of drug-likeness (QED) is 0.854. The number of rotatable bonds is 2. The molecule has 5 heteroatoms. The van der Waals surface area contributed by atoms with Gasteiger partial charge in [-0.2, -0.15) is 0 Å². The molecule has 0 aliphatic carbocycles. The molecule has 114 valence electrons. The van der Waals surface area contributed by atoms with Crippen LogP contribution < -0.4 is 5.32 Å². The summed E-state index contributed by atoms with van der Waals surface area (Å²) < 4.78 is 0. The third kappa shape index (κ3) is 3.97. The van der Waals surface area contributed by atoms with E-state index in [-0.39, 0.29) is 12.1 Å². The number of likely N-dealkylation sites (tertiary alicyclic amines) is 1. The lowest BCUT2D eigenvalue weighted by Gasteiger charge is -2.38. The van der Waals surface area contributed by atoms with Gasteiger partial charge in [-0.15, -0.1) is 0 Å². The summed E-state index contributed by atoms with van der Waals surface area (Å²) in [6.07, 6.45) is 3.03.